The molecule has 0 saturated heterocycles. The minimum Gasteiger partial charge on any atom is -0.480 e. The number of nitrogens with one attached hydrogen (secondary N) is 2. The topological polar surface area (TPSA) is 78.4 Å². The van der Waals surface area contributed by atoms with Crippen LogP contribution in [0.2, 0.25) is 10.0 Å². The van der Waals surface area contributed by atoms with Crippen LogP contribution in [0.15, 0.2) is 71.2 Å². The zero-order chi connectivity index (χ0) is 23.3. The summed E-state index contributed by atoms with van der Waals surface area (Å²) in [6.07, 6.45) is 0.199. The highest BCUT2D eigenvalue weighted by molar-refractivity contribution is 9.10. The van der Waals surface area contributed by atoms with Gasteiger partial charge in [0.15, 0.2) is 0 Å². The van der Waals surface area contributed by atoms with Gasteiger partial charge in [-0.05, 0) is 35.9 Å². The molecule has 5 nitrogen and oxygen atoms in total. The molecule has 9 heteroatoms. The highest BCUT2D eigenvalue weighted by Gasteiger charge is 2.20. The number of benzene rings is 3. The van der Waals surface area contributed by atoms with Crippen molar-refractivity contribution in [2.24, 2.45) is 0 Å². The lowest BCUT2D eigenvalue weighted by Gasteiger charge is -2.17. The fourth-order valence-corrected chi connectivity index (χ4v) is 4.45. The number of aliphatic carboxylic acids is 1. The van der Waals surface area contributed by atoms with E-state index in [9.17, 15) is 14.7 Å². The van der Waals surface area contributed by atoms with Gasteiger partial charge in [-0.1, -0.05) is 87.7 Å². The van der Waals surface area contributed by atoms with Crippen LogP contribution in [0, 0.1) is 0 Å². The van der Waals surface area contributed by atoms with Crippen LogP contribution in [0.4, 0.5) is 5.69 Å². The van der Waals surface area contributed by atoms with Gasteiger partial charge in [0, 0.05) is 22.1 Å². The first kappa shape index (κ1) is 24.2. The number of rotatable bonds is 7. The Morgan fingerprint density at radius 2 is 1.59 bits per heavy atom. The summed E-state index contributed by atoms with van der Waals surface area (Å²) in [5.74, 6) is -1.46. The van der Waals surface area contributed by atoms with Gasteiger partial charge >= 0.3 is 5.97 Å². The number of thiocarbonyl (C=S) groups is 1. The maximum absolute atomic E-state index is 12.5. The minimum absolute atomic E-state index is 0.190. The number of carboxylic acids is 1. The maximum Gasteiger partial charge on any atom is 0.326 e. The molecule has 0 aliphatic rings. The second kappa shape index (κ2) is 10.9. The van der Waals surface area contributed by atoms with Gasteiger partial charge in [-0.3, -0.25) is 4.79 Å². The van der Waals surface area contributed by atoms with Crippen LogP contribution in [0.3, 0.4) is 0 Å². The average Bonchev–Trinajstić information content (AvgIpc) is 2.74. The van der Waals surface area contributed by atoms with E-state index in [0.717, 1.165) is 10.0 Å². The maximum atomic E-state index is 12.5. The first-order chi connectivity index (χ1) is 15.3. The van der Waals surface area contributed by atoms with E-state index < -0.39 is 17.9 Å². The Kier molecular flexibility index (Phi) is 8.26. The van der Waals surface area contributed by atoms with Crippen LogP contribution in [0.1, 0.15) is 21.5 Å². The molecule has 3 rings (SSSR count). The number of carboxylic acid groups (broad SMARTS) is 1. The van der Waals surface area contributed by atoms with Gasteiger partial charge in [-0.15, -0.1) is 0 Å². The number of hydrogen-bond acceptors (Lipinski definition) is 3. The molecular formula is C23H17BrCl2N2O3S. The quantitative estimate of drug-likeness (QED) is 0.315. The Morgan fingerprint density at radius 3 is 2.19 bits per heavy atom. The summed E-state index contributed by atoms with van der Waals surface area (Å²) in [5, 5.41) is 15.8. The summed E-state index contributed by atoms with van der Waals surface area (Å²) in [5.41, 5.74) is 2.19. The fraction of sp³-hybridized carbons (Fsp3) is 0.0870. The number of carbonyl (C=O) groups is 2. The molecule has 0 unspecified atom stereocenters. The molecular weight excluding hydrogens is 535 g/mol. The monoisotopic (exact) mass is 550 g/mol. The van der Waals surface area contributed by atoms with Crippen molar-refractivity contribution < 1.29 is 14.7 Å². The normalized spacial score (nSPS) is 11.5. The summed E-state index contributed by atoms with van der Waals surface area (Å²) in [6, 6.07) is 18.1. The zero-order valence-electron chi connectivity index (χ0n) is 16.4. The first-order valence-electron chi connectivity index (χ1n) is 9.38. The molecule has 0 spiro atoms. The van der Waals surface area contributed by atoms with Gasteiger partial charge in [0.2, 0.25) is 0 Å². The third kappa shape index (κ3) is 6.07. The van der Waals surface area contributed by atoms with Crippen molar-refractivity contribution >= 4 is 73.9 Å². The molecule has 0 heterocycles. The van der Waals surface area contributed by atoms with Crippen LogP contribution in [0.25, 0.3) is 0 Å². The van der Waals surface area contributed by atoms with E-state index in [1.54, 1.807) is 48.5 Å². The van der Waals surface area contributed by atoms with E-state index in [1.807, 2.05) is 18.2 Å². The summed E-state index contributed by atoms with van der Waals surface area (Å²) in [6.45, 7) is 0. The number of halogens is 3. The Morgan fingerprint density at radius 1 is 0.969 bits per heavy atom. The second-order valence-corrected chi connectivity index (χ2v) is 8.87. The largest absolute Gasteiger partial charge is 0.480 e. The Labute approximate surface area is 208 Å². The average molecular weight is 552 g/mol. The van der Waals surface area contributed by atoms with Crippen molar-refractivity contribution in [2.45, 2.75) is 12.5 Å². The lowest BCUT2D eigenvalue weighted by Crippen LogP contribution is -2.42. The van der Waals surface area contributed by atoms with Gasteiger partial charge in [0.05, 0.1) is 15.6 Å². The highest BCUT2D eigenvalue weighted by Crippen LogP contribution is 2.25. The molecule has 0 fully saturated rings. The number of amides is 1. The smallest absolute Gasteiger partial charge is 0.326 e. The van der Waals surface area contributed by atoms with Gasteiger partial charge in [0.1, 0.15) is 11.0 Å². The van der Waals surface area contributed by atoms with Crippen molar-refractivity contribution in [3.63, 3.8) is 0 Å². The Balaban J connectivity index is 1.68. The molecule has 0 aliphatic carbocycles. The molecule has 164 valence electrons. The molecule has 3 N–H and O–H groups in total. The van der Waals surface area contributed by atoms with E-state index in [0.29, 0.717) is 16.2 Å². The van der Waals surface area contributed by atoms with E-state index in [2.05, 4.69) is 26.6 Å². The SMILES string of the molecule is O=C(Nc1ccc(C[C@H](NC(=S)c2ccccc2Br)C(=O)O)cc1)c1c(Cl)cccc1Cl. The van der Waals surface area contributed by atoms with Crippen molar-refractivity contribution in [1.82, 2.24) is 5.32 Å². The third-order valence-corrected chi connectivity index (χ3v) is 6.22. The summed E-state index contributed by atoms with van der Waals surface area (Å²) in [7, 11) is 0. The van der Waals surface area contributed by atoms with Gasteiger partial charge in [-0.25, -0.2) is 4.79 Å². The van der Waals surface area contributed by atoms with Gasteiger partial charge in [0.25, 0.3) is 5.91 Å². The van der Waals surface area contributed by atoms with Gasteiger partial charge in [-0.2, -0.15) is 0 Å². The summed E-state index contributed by atoms with van der Waals surface area (Å²) < 4.78 is 0.778. The zero-order valence-corrected chi connectivity index (χ0v) is 20.4. The summed E-state index contributed by atoms with van der Waals surface area (Å²) in [4.78, 5) is 24.6. The molecule has 1 atom stereocenters. The van der Waals surface area contributed by atoms with Crippen LogP contribution < -0.4 is 10.6 Å². The molecule has 0 radical (unpaired) electrons. The van der Waals surface area contributed by atoms with Crippen molar-refractivity contribution in [3.05, 3.63) is 97.9 Å². The predicted molar refractivity (Wildman–Crippen MR) is 135 cm³/mol. The Hall–Kier alpha value is -2.45. The molecule has 3 aromatic rings. The standard InChI is InChI=1S/C23H17BrCl2N2O3S/c24-16-5-2-1-4-15(16)22(32)28-19(23(30)31)12-13-8-10-14(11-9-13)27-21(29)20-17(25)6-3-7-18(20)26/h1-11,19H,12H2,(H,27,29)(H,28,32)(H,30,31)/t19-/m0/s1. The van der Waals surface area contributed by atoms with Crippen molar-refractivity contribution in [2.75, 3.05) is 5.32 Å². The van der Waals surface area contributed by atoms with Crippen LogP contribution in [-0.4, -0.2) is 28.0 Å². The lowest BCUT2D eigenvalue weighted by atomic mass is 10.0. The Bertz CT molecular complexity index is 1150. The van der Waals surface area contributed by atoms with Crippen molar-refractivity contribution in [1.29, 1.82) is 0 Å². The minimum atomic E-state index is -1.02. The van der Waals surface area contributed by atoms with Gasteiger partial charge < -0.3 is 15.7 Å². The van der Waals surface area contributed by atoms with E-state index in [1.165, 1.54) is 0 Å². The molecule has 0 bridgehead atoms. The van der Waals surface area contributed by atoms with Crippen LogP contribution in [0.5, 0.6) is 0 Å². The summed E-state index contributed by atoms with van der Waals surface area (Å²) >= 11 is 21.0. The molecule has 1 amide bonds. The number of carbonyl (C=O) groups excluding carboxylic acids is 1. The first-order valence-corrected chi connectivity index (χ1v) is 11.3. The molecule has 32 heavy (non-hydrogen) atoms. The molecule has 0 aromatic heterocycles. The lowest BCUT2D eigenvalue weighted by molar-refractivity contribution is -0.139. The van der Waals surface area contributed by atoms with Crippen molar-refractivity contribution in [3.8, 4) is 0 Å². The molecule has 0 aliphatic heterocycles. The van der Waals surface area contributed by atoms with E-state index in [-0.39, 0.29) is 22.0 Å². The number of hydrogen-bond donors (Lipinski definition) is 3. The predicted octanol–water partition coefficient (Wildman–Crippen LogP) is 5.97. The fourth-order valence-electron chi connectivity index (χ4n) is 2.95. The van der Waals surface area contributed by atoms with Crippen LogP contribution >= 0.6 is 51.3 Å². The van der Waals surface area contributed by atoms with E-state index in [4.69, 9.17) is 35.4 Å². The van der Waals surface area contributed by atoms with E-state index >= 15 is 0 Å². The molecule has 3 aromatic carbocycles. The van der Waals surface area contributed by atoms with Crippen LogP contribution in [-0.2, 0) is 11.2 Å². The highest BCUT2D eigenvalue weighted by atomic mass is 79.9. The third-order valence-electron chi connectivity index (χ3n) is 4.56. The molecule has 0 saturated carbocycles. The number of anilines is 1. The second-order valence-electron chi connectivity index (χ2n) is 6.80.